The molecule has 0 radical (unpaired) electrons. The molecule has 3 heteroatoms. The molecule has 0 amide bonds. The molecule has 1 heterocycles. The first kappa shape index (κ1) is 11.3. The molecule has 2 rings (SSSR count). The van der Waals surface area contributed by atoms with Crippen molar-refractivity contribution in [3.8, 4) is 0 Å². The van der Waals surface area contributed by atoms with Crippen LogP contribution in [0.3, 0.4) is 0 Å². The zero-order valence-electron chi connectivity index (χ0n) is 10.1. The first-order valence-corrected chi connectivity index (χ1v) is 5.85. The zero-order valence-corrected chi connectivity index (χ0v) is 10.1. The number of hydrogen-bond acceptors (Lipinski definition) is 3. The molecule has 1 aromatic carbocycles. The number of anilines is 2. The van der Waals surface area contributed by atoms with Crippen molar-refractivity contribution in [2.75, 3.05) is 30.9 Å². The Morgan fingerprint density at radius 2 is 2.00 bits per heavy atom. The quantitative estimate of drug-likeness (QED) is 0.776. The third kappa shape index (κ3) is 2.30. The van der Waals surface area contributed by atoms with Crippen LogP contribution in [0.15, 0.2) is 18.2 Å². The van der Waals surface area contributed by atoms with E-state index in [4.69, 9.17) is 10.5 Å². The third-order valence-corrected chi connectivity index (χ3v) is 3.34. The lowest BCUT2D eigenvalue weighted by Gasteiger charge is -2.33. The van der Waals surface area contributed by atoms with Gasteiger partial charge in [-0.2, -0.15) is 0 Å². The van der Waals surface area contributed by atoms with Crippen molar-refractivity contribution in [3.05, 3.63) is 23.8 Å². The van der Waals surface area contributed by atoms with Gasteiger partial charge in [0.2, 0.25) is 0 Å². The summed E-state index contributed by atoms with van der Waals surface area (Å²) in [6.45, 7) is 3.87. The maximum absolute atomic E-state index is 5.77. The molecule has 0 spiro atoms. The van der Waals surface area contributed by atoms with Crippen LogP contribution in [0.25, 0.3) is 0 Å². The summed E-state index contributed by atoms with van der Waals surface area (Å²) < 4.78 is 5.39. The van der Waals surface area contributed by atoms with Gasteiger partial charge in [0.1, 0.15) is 0 Å². The molecule has 0 atom stereocenters. The standard InChI is InChI=1S/C13H20N2O/c1-10-9-11(14)3-4-13(10)15(2)12-5-7-16-8-6-12/h3-4,9,12H,5-8,14H2,1-2H3. The molecule has 0 aromatic heterocycles. The highest BCUT2D eigenvalue weighted by Crippen LogP contribution is 2.25. The minimum absolute atomic E-state index is 0.594. The van der Waals surface area contributed by atoms with Crippen LogP contribution in [-0.2, 0) is 4.74 Å². The normalized spacial score (nSPS) is 17.4. The molecule has 88 valence electrons. The van der Waals surface area contributed by atoms with E-state index in [1.165, 1.54) is 11.3 Å². The Hall–Kier alpha value is -1.22. The highest BCUT2D eigenvalue weighted by Gasteiger charge is 2.19. The van der Waals surface area contributed by atoms with E-state index < -0.39 is 0 Å². The fourth-order valence-electron chi connectivity index (χ4n) is 2.34. The Balaban J connectivity index is 2.15. The number of aryl methyl sites for hydroxylation is 1. The van der Waals surface area contributed by atoms with Gasteiger partial charge in [-0.05, 0) is 43.5 Å². The van der Waals surface area contributed by atoms with Crippen molar-refractivity contribution in [1.29, 1.82) is 0 Å². The van der Waals surface area contributed by atoms with E-state index >= 15 is 0 Å². The van der Waals surface area contributed by atoms with Gasteiger partial charge >= 0.3 is 0 Å². The molecule has 0 bridgehead atoms. The van der Waals surface area contributed by atoms with Gasteiger partial charge in [-0.25, -0.2) is 0 Å². The average Bonchev–Trinajstić information content (AvgIpc) is 2.29. The highest BCUT2D eigenvalue weighted by atomic mass is 16.5. The van der Waals surface area contributed by atoms with E-state index in [0.29, 0.717) is 6.04 Å². The van der Waals surface area contributed by atoms with Crippen molar-refractivity contribution in [1.82, 2.24) is 0 Å². The molecule has 3 nitrogen and oxygen atoms in total. The van der Waals surface area contributed by atoms with Crippen LogP contribution >= 0.6 is 0 Å². The van der Waals surface area contributed by atoms with Crippen LogP contribution in [0.5, 0.6) is 0 Å². The van der Waals surface area contributed by atoms with Gasteiger partial charge in [0.25, 0.3) is 0 Å². The third-order valence-electron chi connectivity index (χ3n) is 3.34. The van der Waals surface area contributed by atoms with Crippen LogP contribution in [-0.4, -0.2) is 26.3 Å². The largest absolute Gasteiger partial charge is 0.399 e. The second-order valence-corrected chi connectivity index (χ2v) is 4.50. The number of benzene rings is 1. The van der Waals surface area contributed by atoms with Gasteiger partial charge < -0.3 is 15.4 Å². The second-order valence-electron chi connectivity index (χ2n) is 4.50. The molecular weight excluding hydrogens is 200 g/mol. The van der Waals surface area contributed by atoms with Gasteiger partial charge in [0, 0.05) is 37.7 Å². The smallest absolute Gasteiger partial charge is 0.0485 e. The molecule has 16 heavy (non-hydrogen) atoms. The lowest BCUT2D eigenvalue weighted by atomic mass is 10.1. The number of nitrogen functional groups attached to an aromatic ring is 1. The molecule has 0 saturated carbocycles. The van der Waals surface area contributed by atoms with Crippen molar-refractivity contribution in [2.45, 2.75) is 25.8 Å². The van der Waals surface area contributed by atoms with E-state index in [-0.39, 0.29) is 0 Å². The summed E-state index contributed by atoms with van der Waals surface area (Å²) in [5.74, 6) is 0. The highest BCUT2D eigenvalue weighted by molar-refractivity contribution is 5.59. The number of ether oxygens (including phenoxy) is 1. The summed E-state index contributed by atoms with van der Waals surface area (Å²) in [4.78, 5) is 2.36. The van der Waals surface area contributed by atoms with Gasteiger partial charge in [0.15, 0.2) is 0 Å². The molecule has 1 aliphatic heterocycles. The Morgan fingerprint density at radius 3 is 2.62 bits per heavy atom. The monoisotopic (exact) mass is 220 g/mol. The molecule has 1 fully saturated rings. The summed E-state index contributed by atoms with van der Waals surface area (Å²) in [6, 6.07) is 6.71. The summed E-state index contributed by atoms with van der Waals surface area (Å²) in [6.07, 6.45) is 2.22. The Morgan fingerprint density at radius 1 is 1.31 bits per heavy atom. The number of rotatable bonds is 2. The predicted molar refractivity (Wildman–Crippen MR) is 67.8 cm³/mol. The van der Waals surface area contributed by atoms with Gasteiger partial charge in [-0.1, -0.05) is 0 Å². The van der Waals surface area contributed by atoms with Crippen LogP contribution in [0.1, 0.15) is 18.4 Å². The summed E-state index contributed by atoms with van der Waals surface area (Å²) in [5, 5.41) is 0. The zero-order chi connectivity index (χ0) is 11.5. The number of nitrogens with two attached hydrogens (primary N) is 1. The van der Waals surface area contributed by atoms with Crippen LogP contribution in [0.4, 0.5) is 11.4 Å². The molecule has 1 saturated heterocycles. The fourth-order valence-corrected chi connectivity index (χ4v) is 2.34. The van der Waals surface area contributed by atoms with Crippen LogP contribution in [0, 0.1) is 6.92 Å². The van der Waals surface area contributed by atoms with E-state index in [1.54, 1.807) is 0 Å². The van der Waals surface area contributed by atoms with Crippen LogP contribution < -0.4 is 10.6 Å². The summed E-state index contributed by atoms with van der Waals surface area (Å²) >= 11 is 0. The predicted octanol–water partition coefficient (Wildman–Crippen LogP) is 2.19. The molecule has 1 aliphatic rings. The average molecular weight is 220 g/mol. The number of hydrogen-bond donors (Lipinski definition) is 1. The van der Waals surface area contributed by atoms with E-state index in [2.05, 4.69) is 24.9 Å². The number of nitrogens with zero attached hydrogens (tertiary/aromatic N) is 1. The van der Waals surface area contributed by atoms with Crippen molar-refractivity contribution in [3.63, 3.8) is 0 Å². The summed E-state index contributed by atoms with van der Waals surface area (Å²) in [5.41, 5.74) is 9.13. The second kappa shape index (κ2) is 4.74. The molecule has 1 aromatic rings. The Labute approximate surface area is 97.2 Å². The lowest BCUT2D eigenvalue weighted by Crippen LogP contribution is -2.37. The maximum atomic E-state index is 5.77. The summed E-state index contributed by atoms with van der Waals surface area (Å²) in [7, 11) is 2.16. The van der Waals surface area contributed by atoms with E-state index in [0.717, 1.165) is 31.7 Å². The van der Waals surface area contributed by atoms with E-state index in [1.807, 2.05) is 12.1 Å². The van der Waals surface area contributed by atoms with Crippen molar-refractivity contribution in [2.24, 2.45) is 0 Å². The molecule has 0 unspecified atom stereocenters. The first-order chi connectivity index (χ1) is 7.68. The molecular formula is C13H20N2O. The van der Waals surface area contributed by atoms with Gasteiger partial charge in [-0.3, -0.25) is 0 Å². The van der Waals surface area contributed by atoms with Gasteiger partial charge in [0.05, 0.1) is 0 Å². The van der Waals surface area contributed by atoms with Gasteiger partial charge in [-0.15, -0.1) is 0 Å². The van der Waals surface area contributed by atoms with Crippen molar-refractivity contribution >= 4 is 11.4 Å². The lowest BCUT2D eigenvalue weighted by molar-refractivity contribution is 0.0854. The molecule has 2 N–H and O–H groups in total. The van der Waals surface area contributed by atoms with E-state index in [9.17, 15) is 0 Å². The minimum Gasteiger partial charge on any atom is -0.399 e. The van der Waals surface area contributed by atoms with Crippen LogP contribution in [0.2, 0.25) is 0 Å². The topological polar surface area (TPSA) is 38.5 Å². The first-order valence-electron chi connectivity index (χ1n) is 5.85. The SMILES string of the molecule is Cc1cc(N)ccc1N(C)C1CCOCC1. The maximum Gasteiger partial charge on any atom is 0.0485 e. The minimum atomic E-state index is 0.594. The fraction of sp³-hybridized carbons (Fsp3) is 0.538. The molecule has 0 aliphatic carbocycles. The van der Waals surface area contributed by atoms with Crippen molar-refractivity contribution < 1.29 is 4.74 Å². The Bertz CT molecular complexity index is 359. The Kier molecular flexibility index (Phi) is 3.34.